The van der Waals surface area contributed by atoms with Gasteiger partial charge < -0.3 is 10.4 Å². The lowest BCUT2D eigenvalue weighted by Crippen LogP contribution is -2.27. The summed E-state index contributed by atoms with van der Waals surface area (Å²) in [5, 5.41) is 11.4. The molecule has 2 N–H and O–H groups in total. The molecule has 120 valence electrons. The normalized spacial score (nSPS) is 20.0. The van der Waals surface area contributed by atoms with Crippen LogP contribution in [0.25, 0.3) is 0 Å². The van der Waals surface area contributed by atoms with E-state index in [2.05, 4.69) is 43.4 Å². The van der Waals surface area contributed by atoms with Gasteiger partial charge in [0.25, 0.3) is 0 Å². The molecule has 1 amide bonds. The molecule has 1 aliphatic carbocycles. The Bertz CT molecular complexity index is 527. The van der Waals surface area contributed by atoms with Gasteiger partial charge in [0.15, 0.2) is 0 Å². The van der Waals surface area contributed by atoms with Crippen LogP contribution >= 0.6 is 11.8 Å². The number of amides is 1. The highest BCUT2D eigenvalue weighted by Crippen LogP contribution is 2.47. The molecule has 0 saturated heterocycles. The fraction of sp³-hybridized carbons (Fsp3) is 0.529. The first-order valence-corrected chi connectivity index (χ1v) is 8.81. The van der Waals surface area contributed by atoms with E-state index in [1.807, 2.05) is 0 Å². The molecule has 1 fully saturated rings. The van der Waals surface area contributed by atoms with Crippen molar-refractivity contribution in [2.75, 3.05) is 18.1 Å². The van der Waals surface area contributed by atoms with E-state index in [0.29, 0.717) is 24.1 Å². The zero-order chi connectivity index (χ0) is 16.1. The van der Waals surface area contributed by atoms with Crippen LogP contribution in [0.4, 0.5) is 0 Å². The molecule has 0 aromatic heterocycles. The van der Waals surface area contributed by atoms with Crippen LogP contribution in [0, 0.1) is 5.92 Å². The van der Waals surface area contributed by atoms with E-state index in [-0.39, 0.29) is 17.6 Å². The molecule has 2 atom stereocenters. The Morgan fingerprint density at radius 1 is 1.32 bits per heavy atom. The van der Waals surface area contributed by atoms with Gasteiger partial charge in [-0.3, -0.25) is 9.59 Å². The molecule has 1 aliphatic rings. The molecule has 0 heterocycles. The van der Waals surface area contributed by atoms with Crippen LogP contribution < -0.4 is 5.32 Å². The van der Waals surface area contributed by atoms with E-state index in [9.17, 15) is 9.59 Å². The van der Waals surface area contributed by atoms with Crippen molar-refractivity contribution in [3.05, 3.63) is 35.4 Å². The quantitative estimate of drug-likeness (QED) is 0.723. The van der Waals surface area contributed by atoms with Gasteiger partial charge in [-0.25, -0.2) is 0 Å². The molecule has 22 heavy (non-hydrogen) atoms. The van der Waals surface area contributed by atoms with Crippen LogP contribution in [0.15, 0.2) is 24.3 Å². The number of benzene rings is 1. The van der Waals surface area contributed by atoms with Crippen molar-refractivity contribution >= 4 is 23.6 Å². The summed E-state index contributed by atoms with van der Waals surface area (Å²) in [4.78, 5) is 22.4. The third-order valence-corrected chi connectivity index (χ3v) is 4.87. The number of thioether (sulfide) groups is 1. The highest BCUT2D eigenvalue weighted by molar-refractivity contribution is 7.99. The van der Waals surface area contributed by atoms with Crippen molar-refractivity contribution in [2.45, 2.75) is 32.1 Å². The Morgan fingerprint density at radius 2 is 2.00 bits per heavy atom. The minimum Gasteiger partial charge on any atom is -0.481 e. The largest absolute Gasteiger partial charge is 0.481 e. The Balaban J connectivity index is 1.72. The third kappa shape index (κ3) is 4.77. The van der Waals surface area contributed by atoms with Crippen LogP contribution in [0.3, 0.4) is 0 Å². The Morgan fingerprint density at radius 3 is 2.59 bits per heavy atom. The summed E-state index contributed by atoms with van der Waals surface area (Å²) < 4.78 is 0. The number of carboxylic acid groups (broad SMARTS) is 1. The molecule has 1 aromatic rings. The van der Waals surface area contributed by atoms with E-state index < -0.39 is 5.97 Å². The Hall–Kier alpha value is -1.49. The predicted octanol–water partition coefficient (Wildman–Crippen LogP) is 2.85. The lowest BCUT2D eigenvalue weighted by Gasteiger charge is -2.07. The van der Waals surface area contributed by atoms with Crippen molar-refractivity contribution in [3.63, 3.8) is 0 Å². The lowest BCUT2D eigenvalue weighted by atomic mass is 10.00. The molecular formula is C17H23NO3S. The molecule has 2 rings (SSSR count). The van der Waals surface area contributed by atoms with Gasteiger partial charge >= 0.3 is 5.97 Å². The molecule has 0 radical (unpaired) electrons. The first-order chi connectivity index (χ1) is 10.5. The first kappa shape index (κ1) is 16.9. The number of rotatable bonds is 8. The zero-order valence-corrected chi connectivity index (χ0v) is 13.9. The van der Waals surface area contributed by atoms with Crippen LogP contribution in [0.1, 0.15) is 43.2 Å². The summed E-state index contributed by atoms with van der Waals surface area (Å²) in [6.45, 7) is 4.88. The smallest absolute Gasteiger partial charge is 0.313 e. The summed E-state index contributed by atoms with van der Waals surface area (Å²) >= 11 is 1.32. The second-order valence-electron chi connectivity index (χ2n) is 6.01. The predicted molar refractivity (Wildman–Crippen MR) is 89.3 cm³/mol. The summed E-state index contributed by atoms with van der Waals surface area (Å²) in [7, 11) is 0. The van der Waals surface area contributed by atoms with Crippen LogP contribution in [-0.4, -0.2) is 35.0 Å². The molecule has 5 heteroatoms. The summed E-state index contributed by atoms with van der Waals surface area (Å²) in [5.41, 5.74) is 2.56. The summed E-state index contributed by atoms with van der Waals surface area (Å²) in [6.07, 6.45) is 0.912. The zero-order valence-electron chi connectivity index (χ0n) is 13.0. The molecule has 1 aromatic carbocycles. The third-order valence-electron chi connectivity index (χ3n) is 3.93. The average molecular weight is 321 g/mol. The standard InChI is InChI=1S/C17H23NO3S/c1-11(2)12-3-5-13(6-4-12)14-9-15(14)17(21)18-7-8-22-10-16(19)20/h3-6,11,14-15H,7-10H2,1-2H3,(H,18,21)(H,19,20). The number of carboxylic acids is 1. The molecule has 2 unspecified atom stereocenters. The average Bonchev–Trinajstić information content (AvgIpc) is 3.27. The fourth-order valence-corrected chi connectivity index (χ4v) is 3.08. The van der Waals surface area contributed by atoms with Gasteiger partial charge in [-0.2, -0.15) is 0 Å². The van der Waals surface area contributed by atoms with E-state index in [1.54, 1.807) is 0 Å². The number of aliphatic carboxylic acids is 1. The minimum atomic E-state index is -0.816. The van der Waals surface area contributed by atoms with Gasteiger partial charge in [-0.15, -0.1) is 11.8 Å². The maximum Gasteiger partial charge on any atom is 0.313 e. The van der Waals surface area contributed by atoms with Crippen LogP contribution in [0.2, 0.25) is 0 Å². The maximum atomic E-state index is 12.0. The summed E-state index contributed by atoms with van der Waals surface area (Å²) in [5.74, 6) is 0.943. The maximum absolute atomic E-state index is 12.0. The van der Waals surface area contributed by atoms with Crippen LogP contribution in [-0.2, 0) is 9.59 Å². The monoisotopic (exact) mass is 321 g/mol. The van der Waals surface area contributed by atoms with Gasteiger partial charge in [0.1, 0.15) is 0 Å². The number of carbonyl (C=O) groups excluding carboxylic acids is 1. The van der Waals surface area contributed by atoms with Gasteiger partial charge in [-0.05, 0) is 29.4 Å². The molecule has 0 bridgehead atoms. The van der Waals surface area contributed by atoms with E-state index in [1.165, 1.54) is 22.9 Å². The van der Waals surface area contributed by atoms with E-state index >= 15 is 0 Å². The Kier molecular flexibility index (Phi) is 5.89. The highest BCUT2D eigenvalue weighted by Gasteiger charge is 2.43. The van der Waals surface area contributed by atoms with Crippen molar-refractivity contribution in [1.29, 1.82) is 0 Å². The molecule has 0 aliphatic heterocycles. The van der Waals surface area contributed by atoms with Crippen molar-refractivity contribution in [3.8, 4) is 0 Å². The highest BCUT2D eigenvalue weighted by atomic mass is 32.2. The number of hydrogen-bond acceptors (Lipinski definition) is 3. The van der Waals surface area contributed by atoms with E-state index in [4.69, 9.17) is 5.11 Å². The number of carbonyl (C=O) groups is 2. The minimum absolute atomic E-state index is 0.0781. The van der Waals surface area contributed by atoms with Crippen LogP contribution in [0.5, 0.6) is 0 Å². The van der Waals surface area contributed by atoms with Gasteiger partial charge in [0.2, 0.25) is 5.91 Å². The molecular weight excluding hydrogens is 298 g/mol. The van der Waals surface area contributed by atoms with Crippen molar-refractivity contribution in [1.82, 2.24) is 5.32 Å². The Labute approximate surface area is 135 Å². The molecule has 1 saturated carbocycles. The van der Waals surface area contributed by atoms with Gasteiger partial charge in [-0.1, -0.05) is 38.1 Å². The van der Waals surface area contributed by atoms with Gasteiger partial charge in [0.05, 0.1) is 5.75 Å². The lowest BCUT2D eigenvalue weighted by molar-refractivity contribution is -0.133. The fourth-order valence-electron chi connectivity index (χ4n) is 2.52. The van der Waals surface area contributed by atoms with Crippen molar-refractivity contribution < 1.29 is 14.7 Å². The summed E-state index contributed by atoms with van der Waals surface area (Å²) in [6, 6.07) is 8.57. The van der Waals surface area contributed by atoms with Crippen molar-refractivity contribution in [2.24, 2.45) is 5.92 Å². The second-order valence-corrected chi connectivity index (χ2v) is 7.11. The topological polar surface area (TPSA) is 66.4 Å². The first-order valence-electron chi connectivity index (χ1n) is 7.66. The van der Waals surface area contributed by atoms with E-state index in [0.717, 1.165) is 6.42 Å². The number of nitrogens with one attached hydrogen (secondary N) is 1. The SMILES string of the molecule is CC(C)c1ccc(C2CC2C(=O)NCCSCC(=O)O)cc1. The van der Waals surface area contributed by atoms with Gasteiger partial charge in [0, 0.05) is 18.2 Å². The molecule has 4 nitrogen and oxygen atoms in total. The number of hydrogen-bond donors (Lipinski definition) is 2. The molecule has 0 spiro atoms. The second kappa shape index (κ2) is 7.68.